The molecule has 2 aromatic rings. The first-order valence-corrected chi connectivity index (χ1v) is 8.83. The van der Waals surface area contributed by atoms with E-state index in [9.17, 15) is 19.5 Å². The molecule has 3 N–H and O–H groups in total. The maximum Gasteiger partial charge on any atom is 0.332 e. The summed E-state index contributed by atoms with van der Waals surface area (Å²) in [6.07, 6.45) is -0.112. The van der Waals surface area contributed by atoms with Gasteiger partial charge in [0.1, 0.15) is 11.4 Å². The first-order chi connectivity index (χ1) is 12.7. The van der Waals surface area contributed by atoms with Crippen LogP contribution in [-0.4, -0.2) is 37.5 Å². The summed E-state index contributed by atoms with van der Waals surface area (Å²) >= 11 is 0. The molecule has 144 valence electrons. The lowest BCUT2D eigenvalue weighted by atomic mass is 10.0. The summed E-state index contributed by atoms with van der Waals surface area (Å²) < 4.78 is 1.99. The second-order valence-electron chi connectivity index (χ2n) is 6.98. The number of aromatic nitrogens is 2. The Kier molecular flexibility index (Phi) is 5.03. The first kappa shape index (κ1) is 19.1. The molecule has 0 aliphatic carbocycles. The third-order valence-corrected chi connectivity index (χ3v) is 5.36. The Bertz CT molecular complexity index is 1010. The van der Waals surface area contributed by atoms with Crippen LogP contribution in [-0.2, 0) is 20.6 Å². The minimum Gasteiger partial charge on any atom is -0.388 e. The van der Waals surface area contributed by atoms with Crippen LogP contribution in [0.1, 0.15) is 40.9 Å². The molecule has 0 radical (unpaired) electrons. The van der Waals surface area contributed by atoms with Crippen molar-refractivity contribution in [2.24, 2.45) is 14.1 Å². The number of Topliss-reactive ketones (excluding diaryl/α,β-unsaturated/α-hetero) is 1. The fraction of sp³-hybridized carbons (Fsp3) is 0.421. The molecule has 1 aliphatic rings. The Labute approximate surface area is 156 Å². The highest BCUT2D eigenvalue weighted by Crippen LogP contribution is 2.28. The standard InChI is InChI=1S/C19H24N4O4/c1-11(16(25)15-17(20)21(2)19(27)22(3)18(15)26)23-9-8-14(24)13-7-5-4-6-12(13)10-23/h4-7,11,14,24H,8-10,20H2,1-3H3/t11-,14-/m0/s1. The topological polar surface area (TPSA) is 111 Å². The molecule has 27 heavy (non-hydrogen) atoms. The summed E-state index contributed by atoms with van der Waals surface area (Å²) in [5.41, 5.74) is 6.28. The van der Waals surface area contributed by atoms with Crippen molar-refractivity contribution in [1.82, 2.24) is 14.0 Å². The maximum atomic E-state index is 13.1. The Hall–Kier alpha value is -2.71. The van der Waals surface area contributed by atoms with Crippen LogP contribution in [0.3, 0.4) is 0 Å². The number of nitrogens with two attached hydrogens (primary N) is 1. The molecule has 0 fully saturated rings. The van der Waals surface area contributed by atoms with E-state index in [0.717, 1.165) is 20.3 Å². The molecule has 8 heteroatoms. The monoisotopic (exact) mass is 372 g/mol. The predicted molar refractivity (Wildman–Crippen MR) is 102 cm³/mol. The van der Waals surface area contributed by atoms with Crippen LogP contribution in [0.4, 0.5) is 5.82 Å². The molecule has 2 heterocycles. The quantitative estimate of drug-likeness (QED) is 0.744. The van der Waals surface area contributed by atoms with Crippen molar-refractivity contribution in [1.29, 1.82) is 0 Å². The SMILES string of the molecule is C[C@@H](C(=O)c1c(N)n(C)c(=O)n(C)c1=O)N1CC[C@H](O)c2ccccc2C1. The van der Waals surface area contributed by atoms with Gasteiger partial charge in [0.15, 0.2) is 5.78 Å². The highest BCUT2D eigenvalue weighted by molar-refractivity contribution is 6.03. The highest BCUT2D eigenvalue weighted by atomic mass is 16.3. The summed E-state index contributed by atoms with van der Waals surface area (Å²) in [7, 11) is 2.75. The van der Waals surface area contributed by atoms with Crippen molar-refractivity contribution in [3.05, 3.63) is 61.8 Å². The molecule has 0 unspecified atom stereocenters. The van der Waals surface area contributed by atoms with Crippen LogP contribution in [0, 0.1) is 0 Å². The van der Waals surface area contributed by atoms with E-state index < -0.39 is 29.2 Å². The smallest absolute Gasteiger partial charge is 0.332 e. The van der Waals surface area contributed by atoms with Gasteiger partial charge in [0.2, 0.25) is 0 Å². The summed E-state index contributed by atoms with van der Waals surface area (Å²) in [5.74, 6) is -0.562. The zero-order valence-corrected chi connectivity index (χ0v) is 15.7. The number of nitrogen functional groups attached to an aromatic ring is 1. The Balaban J connectivity index is 1.98. The molecule has 0 bridgehead atoms. The molecular weight excluding hydrogens is 348 g/mol. The number of rotatable bonds is 3. The zero-order valence-electron chi connectivity index (χ0n) is 15.7. The number of anilines is 1. The summed E-state index contributed by atoms with van der Waals surface area (Å²) in [6, 6.07) is 6.95. The van der Waals surface area contributed by atoms with Crippen LogP contribution in [0.2, 0.25) is 0 Å². The molecule has 1 aromatic heterocycles. The fourth-order valence-corrected chi connectivity index (χ4v) is 3.54. The van der Waals surface area contributed by atoms with Gasteiger partial charge in [-0.1, -0.05) is 24.3 Å². The predicted octanol–water partition coefficient (Wildman–Crippen LogP) is 0.177. The second-order valence-corrected chi connectivity index (χ2v) is 6.98. The van der Waals surface area contributed by atoms with Crippen LogP contribution >= 0.6 is 0 Å². The third kappa shape index (κ3) is 3.22. The van der Waals surface area contributed by atoms with Crippen LogP contribution in [0.25, 0.3) is 0 Å². The van der Waals surface area contributed by atoms with Gasteiger partial charge >= 0.3 is 5.69 Å². The number of nitrogens with zero attached hydrogens (tertiary/aromatic N) is 3. The third-order valence-electron chi connectivity index (χ3n) is 5.36. The van der Waals surface area contributed by atoms with Gasteiger partial charge in [-0.05, 0) is 24.5 Å². The van der Waals surface area contributed by atoms with E-state index in [1.807, 2.05) is 29.2 Å². The first-order valence-electron chi connectivity index (χ1n) is 8.83. The minimum atomic E-state index is -0.692. The summed E-state index contributed by atoms with van der Waals surface area (Å²) in [5, 5.41) is 10.4. The van der Waals surface area contributed by atoms with Crippen LogP contribution < -0.4 is 17.0 Å². The number of aliphatic hydroxyl groups excluding tert-OH is 1. The summed E-state index contributed by atoms with van der Waals surface area (Å²) in [4.78, 5) is 39.5. The lowest BCUT2D eigenvalue weighted by molar-refractivity contribution is 0.0801. The number of hydrogen-bond donors (Lipinski definition) is 2. The molecule has 3 rings (SSSR count). The Morgan fingerprint density at radius 1 is 1.22 bits per heavy atom. The van der Waals surface area contributed by atoms with Crippen molar-refractivity contribution in [3.63, 3.8) is 0 Å². The van der Waals surface area contributed by atoms with Crippen molar-refractivity contribution in [3.8, 4) is 0 Å². The normalized spacial score (nSPS) is 18.6. The van der Waals surface area contributed by atoms with Gasteiger partial charge in [-0.2, -0.15) is 0 Å². The van der Waals surface area contributed by atoms with Gasteiger partial charge in [0.25, 0.3) is 5.56 Å². The number of carbonyl (C=O) groups excluding carboxylic acids is 1. The number of ketones is 1. The molecule has 0 saturated carbocycles. The van der Waals surface area contributed by atoms with Crippen LogP contribution in [0.15, 0.2) is 33.9 Å². The van der Waals surface area contributed by atoms with Gasteiger partial charge in [0, 0.05) is 27.2 Å². The van der Waals surface area contributed by atoms with E-state index in [4.69, 9.17) is 5.73 Å². The lowest BCUT2D eigenvalue weighted by Gasteiger charge is -2.27. The van der Waals surface area contributed by atoms with Crippen molar-refractivity contribution < 1.29 is 9.90 Å². The van der Waals surface area contributed by atoms with E-state index in [1.54, 1.807) is 6.92 Å². The lowest BCUT2D eigenvalue weighted by Crippen LogP contribution is -2.46. The highest BCUT2D eigenvalue weighted by Gasteiger charge is 2.31. The van der Waals surface area contributed by atoms with E-state index >= 15 is 0 Å². The average Bonchev–Trinajstić information content (AvgIpc) is 2.83. The largest absolute Gasteiger partial charge is 0.388 e. The zero-order chi connectivity index (χ0) is 19.9. The Morgan fingerprint density at radius 2 is 1.89 bits per heavy atom. The van der Waals surface area contributed by atoms with Gasteiger partial charge in [-0.15, -0.1) is 0 Å². The molecule has 0 spiro atoms. The molecule has 2 atom stereocenters. The van der Waals surface area contributed by atoms with Gasteiger partial charge in [-0.3, -0.25) is 23.6 Å². The number of fused-ring (bicyclic) bond motifs is 1. The van der Waals surface area contributed by atoms with Gasteiger partial charge < -0.3 is 10.8 Å². The van der Waals surface area contributed by atoms with E-state index in [-0.39, 0.29) is 11.4 Å². The van der Waals surface area contributed by atoms with E-state index in [0.29, 0.717) is 19.5 Å². The molecule has 1 aliphatic heterocycles. The van der Waals surface area contributed by atoms with Gasteiger partial charge in [-0.25, -0.2) is 4.79 Å². The minimum absolute atomic E-state index is 0.129. The van der Waals surface area contributed by atoms with Crippen molar-refractivity contribution in [2.45, 2.75) is 32.0 Å². The molecule has 0 amide bonds. The fourth-order valence-electron chi connectivity index (χ4n) is 3.54. The van der Waals surface area contributed by atoms with Gasteiger partial charge in [0.05, 0.1) is 12.1 Å². The molecule has 0 saturated heterocycles. The maximum absolute atomic E-state index is 13.1. The summed E-state index contributed by atoms with van der Waals surface area (Å²) in [6.45, 7) is 2.69. The number of aliphatic hydroxyl groups is 1. The van der Waals surface area contributed by atoms with Crippen molar-refractivity contribution >= 4 is 11.6 Å². The molecule has 1 aromatic carbocycles. The molecule has 8 nitrogen and oxygen atoms in total. The Morgan fingerprint density at radius 3 is 2.59 bits per heavy atom. The van der Waals surface area contributed by atoms with E-state index in [1.165, 1.54) is 14.1 Å². The number of hydrogen-bond acceptors (Lipinski definition) is 6. The van der Waals surface area contributed by atoms with E-state index in [2.05, 4.69) is 0 Å². The average molecular weight is 372 g/mol. The van der Waals surface area contributed by atoms with Crippen molar-refractivity contribution in [2.75, 3.05) is 12.3 Å². The second kappa shape index (κ2) is 7.13. The molecular formula is C19H24N4O4. The number of benzene rings is 1. The van der Waals surface area contributed by atoms with Crippen LogP contribution in [0.5, 0.6) is 0 Å². The number of carbonyl (C=O) groups is 1.